The lowest BCUT2D eigenvalue weighted by Gasteiger charge is -2.21. The molecule has 0 aliphatic carbocycles. The van der Waals surface area contributed by atoms with Crippen molar-refractivity contribution in [3.63, 3.8) is 0 Å². The molecule has 2 rings (SSSR count). The summed E-state index contributed by atoms with van der Waals surface area (Å²) in [7, 11) is 0. The fourth-order valence-corrected chi connectivity index (χ4v) is 2.70. The lowest BCUT2D eigenvalue weighted by molar-refractivity contribution is 0.631. The van der Waals surface area contributed by atoms with Crippen LogP contribution in [0.4, 0.5) is 5.95 Å². The van der Waals surface area contributed by atoms with E-state index in [9.17, 15) is 0 Å². The first-order valence-corrected chi connectivity index (χ1v) is 7.41. The van der Waals surface area contributed by atoms with Gasteiger partial charge in [-0.1, -0.05) is 38.9 Å². The van der Waals surface area contributed by atoms with E-state index in [4.69, 9.17) is 12.2 Å². The van der Waals surface area contributed by atoms with Crippen LogP contribution in [0, 0.1) is 10.6 Å². The third-order valence-electron chi connectivity index (χ3n) is 3.32. The average molecular weight is 265 g/mol. The SMILES string of the molecule is CC(C)Cc1cc(=S)nc(N2CCCCCC2)[nH]1. The van der Waals surface area contributed by atoms with Crippen molar-refractivity contribution in [2.75, 3.05) is 18.0 Å². The van der Waals surface area contributed by atoms with Gasteiger partial charge in [0.2, 0.25) is 5.95 Å². The predicted molar refractivity (Wildman–Crippen MR) is 78.6 cm³/mol. The molecule has 1 saturated heterocycles. The van der Waals surface area contributed by atoms with Gasteiger partial charge in [0.05, 0.1) is 0 Å². The zero-order valence-electron chi connectivity index (χ0n) is 11.4. The van der Waals surface area contributed by atoms with Crippen LogP contribution in [-0.4, -0.2) is 23.1 Å². The van der Waals surface area contributed by atoms with Gasteiger partial charge >= 0.3 is 0 Å². The van der Waals surface area contributed by atoms with Crippen molar-refractivity contribution in [2.24, 2.45) is 5.92 Å². The normalized spacial score (nSPS) is 16.9. The number of anilines is 1. The largest absolute Gasteiger partial charge is 0.342 e. The highest BCUT2D eigenvalue weighted by molar-refractivity contribution is 7.71. The highest BCUT2D eigenvalue weighted by atomic mass is 32.1. The van der Waals surface area contributed by atoms with E-state index >= 15 is 0 Å². The second-order valence-electron chi connectivity index (χ2n) is 5.57. The Bertz CT molecular complexity index is 431. The highest BCUT2D eigenvalue weighted by Gasteiger charge is 2.12. The molecule has 0 spiro atoms. The third kappa shape index (κ3) is 3.80. The molecule has 1 aromatic rings. The first-order valence-electron chi connectivity index (χ1n) is 7.00. The van der Waals surface area contributed by atoms with E-state index in [0.717, 1.165) is 25.5 Å². The fraction of sp³-hybridized carbons (Fsp3) is 0.714. The number of nitrogens with one attached hydrogen (secondary N) is 1. The van der Waals surface area contributed by atoms with Gasteiger partial charge in [0, 0.05) is 18.8 Å². The van der Waals surface area contributed by atoms with Gasteiger partial charge in [-0.2, -0.15) is 0 Å². The van der Waals surface area contributed by atoms with Crippen LogP contribution in [0.1, 0.15) is 45.2 Å². The number of aromatic nitrogens is 2. The van der Waals surface area contributed by atoms with Crippen molar-refractivity contribution >= 4 is 18.2 Å². The number of hydrogen-bond acceptors (Lipinski definition) is 3. The predicted octanol–water partition coefficient (Wildman–Crippen LogP) is 3.72. The molecule has 1 aliphatic heterocycles. The smallest absolute Gasteiger partial charge is 0.204 e. The molecule has 1 N–H and O–H groups in total. The summed E-state index contributed by atoms with van der Waals surface area (Å²) in [6.07, 6.45) is 6.23. The van der Waals surface area contributed by atoms with Crippen molar-refractivity contribution in [1.29, 1.82) is 0 Å². The van der Waals surface area contributed by atoms with Gasteiger partial charge in [0.25, 0.3) is 0 Å². The van der Waals surface area contributed by atoms with Crippen LogP contribution in [0.5, 0.6) is 0 Å². The Labute approximate surface area is 115 Å². The van der Waals surface area contributed by atoms with E-state index in [2.05, 4.69) is 28.7 Å². The molecule has 0 bridgehead atoms. The first-order chi connectivity index (χ1) is 8.65. The van der Waals surface area contributed by atoms with Crippen molar-refractivity contribution in [3.8, 4) is 0 Å². The highest BCUT2D eigenvalue weighted by Crippen LogP contribution is 2.17. The average Bonchev–Trinajstić information content (AvgIpc) is 2.55. The van der Waals surface area contributed by atoms with E-state index < -0.39 is 0 Å². The molecule has 2 heterocycles. The van der Waals surface area contributed by atoms with E-state index in [1.54, 1.807) is 0 Å². The fourth-order valence-electron chi connectivity index (χ4n) is 2.48. The molecular weight excluding hydrogens is 242 g/mol. The van der Waals surface area contributed by atoms with Crippen LogP contribution >= 0.6 is 12.2 Å². The Morgan fingerprint density at radius 3 is 2.56 bits per heavy atom. The Morgan fingerprint density at radius 2 is 1.94 bits per heavy atom. The number of hydrogen-bond donors (Lipinski definition) is 1. The second kappa shape index (κ2) is 6.32. The standard InChI is InChI=1S/C14H23N3S/c1-11(2)9-12-10-13(18)16-14(15-12)17-7-5-3-4-6-8-17/h10-11H,3-9H2,1-2H3,(H,15,16,18). The Balaban J connectivity index is 2.20. The summed E-state index contributed by atoms with van der Waals surface area (Å²) in [4.78, 5) is 10.3. The quantitative estimate of drug-likeness (QED) is 0.845. The summed E-state index contributed by atoms with van der Waals surface area (Å²) in [5.41, 5.74) is 1.21. The minimum Gasteiger partial charge on any atom is -0.342 e. The van der Waals surface area contributed by atoms with E-state index in [-0.39, 0.29) is 0 Å². The van der Waals surface area contributed by atoms with E-state index in [1.165, 1.54) is 31.4 Å². The maximum absolute atomic E-state index is 5.29. The molecule has 1 aliphatic rings. The minimum absolute atomic E-state index is 0.634. The van der Waals surface area contributed by atoms with E-state index in [0.29, 0.717) is 10.6 Å². The molecule has 0 saturated carbocycles. The van der Waals surface area contributed by atoms with Gasteiger partial charge in [-0.3, -0.25) is 0 Å². The minimum atomic E-state index is 0.634. The summed E-state index contributed by atoms with van der Waals surface area (Å²) < 4.78 is 0.712. The summed E-state index contributed by atoms with van der Waals surface area (Å²) in [5, 5.41) is 0. The number of aromatic amines is 1. The van der Waals surface area contributed by atoms with Gasteiger partial charge in [-0.05, 0) is 31.2 Å². The first kappa shape index (κ1) is 13.5. The van der Waals surface area contributed by atoms with Crippen LogP contribution in [-0.2, 0) is 6.42 Å². The van der Waals surface area contributed by atoms with Crippen LogP contribution in [0.2, 0.25) is 0 Å². The number of H-pyrrole nitrogens is 1. The molecule has 4 heteroatoms. The maximum atomic E-state index is 5.29. The van der Waals surface area contributed by atoms with Crippen molar-refractivity contribution in [3.05, 3.63) is 16.4 Å². The van der Waals surface area contributed by atoms with Gasteiger partial charge in [-0.25, -0.2) is 4.98 Å². The maximum Gasteiger partial charge on any atom is 0.204 e. The van der Waals surface area contributed by atoms with Gasteiger partial charge < -0.3 is 9.88 Å². The van der Waals surface area contributed by atoms with Gasteiger partial charge in [0.15, 0.2) is 0 Å². The topological polar surface area (TPSA) is 31.9 Å². The zero-order chi connectivity index (χ0) is 13.0. The van der Waals surface area contributed by atoms with E-state index in [1.807, 2.05) is 6.07 Å². The summed E-state index contributed by atoms with van der Waals surface area (Å²) >= 11 is 5.29. The summed E-state index contributed by atoms with van der Waals surface area (Å²) in [6.45, 7) is 6.65. The van der Waals surface area contributed by atoms with Gasteiger partial charge in [-0.15, -0.1) is 0 Å². The number of nitrogens with zero attached hydrogens (tertiary/aromatic N) is 2. The lowest BCUT2D eigenvalue weighted by atomic mass is 10.1. The Kier molecular flexibility index (Phi) is 4.75. The Morgan fingerprint density at radius 1 is 1.28 bits per heavy atom. The molecule has 0 unspecified atom stereocenters. The van der Waals surface area contributed by atoms with Crippen LogP contribution in [0.3, 0.4) is 0 Å². The van der Waals surface area contributed by atoms with Crippen LogP contribution in [0.25, 0.3) is 0 Å². The molecule has 18 heavy (non-hydrogen) atoms. The molecule has 1 fully saturated rings. The summed E-state index contributed by atoms with van der Waals surface area (Å²) in [5.74, 6) is 1.61. The van der Waals surface area contributed by atoms with Crippen molar-refractivity contribution in [1.82, 2.24) is 9.97 Å². The molecule has 0 aromatic carbocycles. The van der Waals surface area contributed by atoms with Crippen molar-refractivity contribution in [2.45, 2.75) is 46.0 Å². The third-order valence-corrected chi connectivity index (χ3v) is 3.53. The molecule has 0 atom stereocenters. The molecule has 3 nitrogen and oxygen atoms in total. The molecule has 1 aromatic heterocycles. The van der Waals surface area contributed by atoms with Crippen molar-refractivity contribution < 1.29 is 0 Å². The monoisotopic (exact) mass is 265 g/mol. The number of rotatable bonds is 3. The van der Waals surface area contributed by atoms with Crippen LogP contribution in [0.15, 0.2) is 6.07 Å². The van der Waals surface area contributed by atoms with Crippen LogP contribution < -0.4 is 4.90 Å². The Hall–Kier alpha value is -0.900. The van der Waals surface area contributed by atoms with Gasteiger partial charge in [0.1, 0.15) is 4.64 Å². The molecule has 0 amide bonds. The lowest BCUT2D eigenvalue weighted by Crippen LogP contribution is -2.26. The second-order valence-corrected chi connectivity index (χ2v) is 5.99. The molecule has 100 valence electrons. The zero-order valence-corrected chi connectivity index (χ0v) is 12.2. The summed E-state index contributed by atoms with van der Waals surface area (Å²) in [6, 6.07) is 2.00. The molecular formula is C14H23N3S. The molecule has 0 radical (unpaired) electrons.